The van der Waals surface area contributed by atoms with Gasteiger partial charge in [0.2, 0.25) is 5.91 Å². The van der Waals surface area contributed by atoms with Crippen LogP contribution in [-0.4, -0.2) is 70.8 Å². The highest BCUT2D eigenvalue weighted by Gasteiger charge is 2.30. The fourth-order valence-corrected chi connectivity index (χ4v) is 3.27. The van der Waals surface area contributed by atoms with Gasteiger partial charge < -0.3 is 10.2 Å². The average molecular weight is 291 g/mol. The van der Waals surface area contributed by atoms with E-state index >= 15 is 0 Å². The maximum Gasteiger partial charge on any atom is 0.224 e. The second kappa shape index (κ2) is 6.58. The van der Waals surface area contributed by atoms with Gasteiger partial charge in [0.15, 0.2) is 0 Å². The summed E-state index contributed by atoms with van der Waals surface area (Å²) in [6.07, 6.45) is 5.49. The normalized spacial score (nSPS) is 23.7. The van der Waals surface area contributed by atoms with Crippen LogP contribution in [0.25, 0.3) is 0 Å². The second-order valence-electron chi connectivity index (χ2n) is 6.10. The van der Waals surface area contributed by atoms with Crippen molar-refractivity contribution in [3.8, 4) is 0 Å². The van der Waals surface area contributed by atoms with E-state index in [1.165, 1.54) is 0 Å². The van der Waals surface area contributed by atoms with Gasteiger partial charge in [-0.2, -0.15) is 5.10 Å². The van der Waals surface area contributed by atoms with Crippen molar-refractivity contribution >= 4 is 5.91 Å². The number of aromatic nitrogens is 2. The van der Waals surface area contributed by atoms with Crippen LogP contribution in [0.5, 0.6) is 0 Å². The molecule has 0 aliphatic carbocycles. The van der Waals surface area contributed by atoms with E-state index in [4.69, 9.17) is 0 Å². The summed E-state index contributed by atoms with van der Waals surface area (Å²) in [6, 6.07) is 0.558. The molecule has 2 saturated heterocycles. The van der Waals surface area contributed by atoms with Crippen molar-refractivity contribution in [1.29, 1.82) is 0 Å². The van der Waals surface area contributed by atoms with Crippen molar-refractivity contribution in [1.82, 2.24) is 24.9 Å². The van der Waals surface area contributed by atoms with Gasteiger partial charge in [-0.25, -0.2) is 0 Å². The van der Waals surface area contributed by atoms with Crippen LogP contribution in [0.1, 0.15) is 18.4 Å². The molecular weight excluding hydrogens is 266 g/mol. The molecule has 1 unspecified atom stereocenters. The Labute approximate surface area is 126 Å². The molecule has 2 fully saturated rings. The topological polar surface area (TPSA) is 53.4 Å². The highest BCUT2D eigenvalue weighted by Crippen LogP contribution is 2.17. The summed E-state index contributed by atoms with van der Waals surface area (Å²) >= 11 is 0. The predicted octanol–water partition coefficient (Wildman–Crippen LogP) is 0.0877. The maximum absolute atomic E-state index is 12.3. The van der Waals surface area contributed by atoms with Crippen LogP contribution in [0.2, 0.25) is 0 Å². The van der Waals surface area contributed by atoms with Gasteiger partial charge in [0.05, 0.1) is 6.20 Å². The van der Waals surface area contributed by atoms with Gasteiger partial charge in [0, 0.05) is 64.5 Å². The van der Waals surface area contributed by atoms with E-state index in [9.17, 15) is 4.79 Å². The lowest BCUT2D eigenvalue weighted by atomic mass is 10.2. The smallest absolute Gasteiger partial charge is 0.224 e. The lowest BCUT2D eigenvalue weighted by Gasteiger charge is -2.32. The van der Waals surface area contributed by atoms with Gasteiger partial charge in [-0.15, -0.1) is 0 Å². The van der Waals surface area contributed by atoms with Crippen molar-refractivity contribution in [2.24, 2.45) is 0 Å². The molecule has 0 bridgehead atoms. The third kappa shape index (κ3) is 3.63. The summed E-state index contributed by atoms with van der Waals surface area (Å²) < 4.78 is 1.86. The molecule has 1 atom stereocenters. The third-order valence-corrected chi connectivity index (χ3v) is 4.50. The standard InChI is InChI=1S/C15H25N5O/c1-13-10-17-20(11-13)7-3-15(21)19-6-2-14(12-19)18-8-4-16-5-9-18/h10-11,14,16H,2-9,12H2,1H3. The number of rotatable bonds is 4. The zero-order valence-electron chi connectivity index (χ0n) is 12.8. The van der Waals surface area contributed by atoms with Crippen LogP contribution in [-0.2, 0) is 11.3 Å². The lowest BCUT2D eigenvalue weighted by molar-refractivity contribution is -0.130. The molecule has 0 saturated carbocycles. The van der Waals surface area contributed by atoms with E-state index < -0.39 is 0 Å². The molecule has 0 aromatic carbocycles. The van der Waals surface area contributed by atoms with Gasteiger partial charge in [-0.1, -0.05) is 0 Å². The summed E-state index contributed by atoms with van der Waals surface area (Å²) in [5, 5.41) is 7.61. The summed E-state index contributed by atoms with van der Waals surface area (Å²) in [7, 11) is 0. The first-order valence-electron chi connectivity index (χ1n) is 7.94. The summed E-state index contributed by atoms with van der Waals surface area (Å²) in [5.74, 6) is 0.265. The van der Waals surface area contributed by atoms with Gasteiger partial charge >= 0.3 is 0 Å². The second-order valence-corrected chi connectivity index (χ2v) is 6.10. The number of nitrogens with zero attached hydrogens (tertiary/aromatic N) is 4. The molecule has 0 radical (unpaired) electrons. The number of hydrogen-bond donors (Lipinski definition) is 1. The van der Waals surface area contributed by atoms with Gasteiger partial charge in [-0.3, -0.25) is 14.4 Å². The average Bonchev–Trinajstić information content (AvgIpc) is 3.15. The molecular formula is C15H25N5O. The summed E-state index contributed by atoms with van der Waals surface area (Å²) in [6.45, 7) is 8.87. The number of nitrogens with one attached hydrogen (secondary N) is 1. The van der Waals surface area contributed by atoms with E-state index in [1.54, 1.807) is 0 Å². The third-order valence-electron chi connectivity index (χ3n) is 4.50. The minimum Gasteiger partial charge on any atom is -0.341 e. The molecule has 2 aliphatic heterocycles. The zero-order valence-corrected chi connectivity index (χ0v) is 12.8. The van der Waals surface area contributed by atoms with Crippen molar-refractivity contribution in [2.75, 3.05) is 39.3 Å². The van der Waals surface area contributed by atoms with E-state index in [2.05, 4.69) is 15.3 Å². The quantitative estimate of drug-likeness (QED) is 0.854. The number of carbonyl (C=O) groups excluding carboxylic acids is 1. The maximum atomic E-state index is 12.3. The highest BCUT2D eigenvalue weighted by atomic mass is 16.2. The van der Waals surface area contributed by atoms with Crippen molar-refractivity contribution in [3.05, 3.63) is 18.0 Å². The van der Waals surface area contributed by atoms with E-state index in [0.717, 1.165) is 51.3 Å². The molecule has 2 aliphatic rings. The first-order valence-corrected chi connectivity index (χ1v) is 7.94. The molecule has 3 rings (SSSR count). The molecule has 6 nitrogen and oxygen atoms in total. The van der Waals surface area contributed by atoms with Gasteiger partial charge in [-0.05, 0) is 18.9 Å². The first-order chi connectivity index (χ1) is 10.2. The lowest BCUT2D eigenvalue weighted by Crippen LogP contribution is -2.49. The minimum absolute atomic E-state index is 0.265. The molecule has 1 amide bonds. The van der Waals surface area contributed by atoms with Crippen molar-refractivity contribution in [3.63, 3.8) is 0 Å². The van der Waals surface area contributed by atoms with E-state index in [-0.39, 0.29) is 5.91 Å². The number of carbonyl (C=O) groups is 1. The number of piperazine rings is 1. The van der Waals surface area contributed by atoms with Crippen LogP contribution in [0.3, 0.4) is 0 Å². The fourth-order valence-electron chi connectivity index (χ4n) is 3.27. The van der Waals surface area contributed by atoms with E-state index in [1.807, 2.05) is 28.9 Å². The monoisotopic (exact) mass is 291 g/mol. The van der Waals surface area contributed by atoms with Crippen LogP contribution in [0.4, 0.5) is 0 Å². The number of likely N-dealkylation sites (tertiary alicyclic amines) is 1. The minimum atomic E-state index is 0.265. The molecule has 1 N–H and O–H groups in total. The molecule has 116 valence electrons. The van der Waals surface area contributed by atoms with Gasteiger partial charge in [0.25, 0.3) is 0 Å². The predicted molar refractivity (Wildman–Crippen MR) is 81.0 cm³/mol. The number of hydrogen-bond acceptors (Lipinski definition) is 4. The Morgan fingerprint density at radius 2 is 2.19 bits per heavy atom. The van der Waals surface area contributed by atoms with Crippen LogP contribution >= 0.6 is 0 Å². The SMILES string of the molecule is Cc1cnn(CCC(=O)N2CCC(N3CCNCC3)C2)c1. The molecule has 1 aromatic heterocycles. The Morgan fingerprint density at radius 3 is 2.90 bits per heavy atom. The first kappa shape index (κ1) is 14.5. The summed E-state index contributed by atoms with van der Waals surface area (Å²) in [4.78, 5) is 16.9. The van der Waals surface area contributed by atoms with Crippen LogP contribution < -0.4 is 5.32 Å². The Bertz CT molecular complexity index is 480. The highest BCUT2D eigenvalue weighted by molar-refractivity contribution is 5.76. The Kier molecular flexibility index (Phi) is 4.55. The zero-order chi connectivity index (χ0) is 14.7. The molecule has 1 aromatic rings. The number of aryl methyl sites for hydroxylation is 2. The Balaban J connectivity index is 1.45. The molecule has 21 heavy (non-hydrogen) atoms. The van der Waals surface area contributed by atoms with Crippen molar-refractivity contribution in [2.45, 2.75) is 32.4 Å². The molecule has 6 heteroatoms. The largest absolute Gasteiger partial charge is 0.341 e. The molecule has 0 spiro atoms. The Hall–Kier alpha value is -1.40. The Morgan fingerprint density at radius 1 is 1.38 bits per heavy atom. The summed E-state index contributed by atoms with van der Waals surface area (Å²) in [5.41, 5.74) is 1.14. The fraction of sp³-hybridized carbons (Fsp3) is 0.733. The number of amides is 1. The van der Waals surface area contributed by atoms with E-state index in [0.29, 0.717) is 19.0 Å². The van der Waals surface area contributed by atoms with Crippen LogP contribution in [0, 0.1) is 6.92 Å². The van der Waals surface area contributed by atoms with Crippen LogP contribution in [0.15, 0.2) is 12.4 Å². The van der Waals surface area contributed by atoms with Crippen molar-refractivity contribution < 1.29 is 4.79 Å². The van der Waals surface area contributed by atoms with Gasteiger partial charge in [0.1, 0.15) is 0 Å². The molecule has 3 heterocycles.